The van der Waals surface area contributed by atoms with E-state index < -0.39 is 28.0 Å². The van der Waals surface area contributed by atoms with Crippen LogP contribution in [0.25, 0.3) is 5.69 Å². The van der Waals surface area contributed by atoms with Crippen LogP contribution in [0.4, 0.5) is 11.4 Å². The second-order valence-corrected chi connectivity index (χ2v) is 10.6. The van der Waals surface area contributed by atoms with Crippen LogP contribution in [-0.2, 0) is 21.9 Å². The first-order chi connectivity index (χ1) is 18.1. The van der Waals surface area contributed by atoms with Gasteiger partial charge in [0, 0.05) is 7.05 Å². The van der Waals surface area contributed by atoms with Crippen LogP contribution in [0.5, 0.6) is 5.75 Å². The van der Waals surface area contributed by atoms with Gasteiger partial charge >= 0.3 is 0 Å². The van der Waals surface area contributed by atoms with Crippen LogP contribution in [0.15, 0.2) is 88.6 Å². The number of nitrogens with zero attached hydrogens (tertiary/aromatic N) is 3. The maximum Gasteiger partial charge on any atom is 0.295 e. The van der Waals surface area contributed by atoms with Crippen LogP contribution in [-0.4, -0.2) is 36.8 Å². The summed E-state index contributed by atoms with van der Waals surface area (Å²) in [5, 5.41) is 2.65. The largest absolute Gasteiger partial charge is 0.494 e. The minimum atomic E-state index is -4.11. The predicted octanol–water partition coefficient (Wildman–Crippen LogP) is 4.03. The quantitative estimate of drug-likeness (QED) is 0.349. The number of amides is 1. The zero-order chi connectivity index (χ0) is 27.4. The van der Waals surface area contributed by atoms with Crippen molar-refractivity contribution in [2.75, 3.05) is 22.8 Å². The van der Waals surface area contributed by atoms with E-state index >= 15 is 0 Å². The van der Waals surface area contributed by atoms with Gasteiger partial charge in [-0.25, -0.2) is 13.1 Å². The first kappa shape index (κ1) is 26.7. The molecule has 0 fully saturated rings. The molecule has 198 valence electrons. The van der Waals surface area contributed by atoms with E-state index in [1.165, 1.54) is 16.8 Å². The van der Waals surface area contributed by atoms with E-state index in [0.29, 0.717) is 23.7 Å². The van der Waals surface area contributed by atoms with Crippen LogP contribution < -0.4 is 19.9 Å². The lowest BCUT2D eigenvalue weighted by Crippen LogP contribution is -2.38. The standard InChI is InChI=1S/C28H30N4O5S/c1-5-37-24-15-13-22(14-16-24)31(38(35,36)25-17-11-20(2)12-18-25)19-26(33)29-27-21(3)30(4)32(28(27)34)23-9-7-6-8-10-23/h6-18H,5,19H2,1-4H3,(H,29,33). The number of rotatable bonds is 9. The molecule has 1 amide bonds. The molecule has 0 saturated carbocycles. The lowest BCUT2D eigenvalue weighted by atomic mass is 10.2. The molecule has 0 atom stereocenters. The lowest BCUT2D eigenvalue weighted by Gasteiger charge is -2.24. The molecular formula is C28H30N4O5S. The average molecular weight is 535 g/mol. The molecule has 0 saturated heterocycles. The number of carbonyl (C=O) groups is 1. The maximum atomic E-state index is 13.7. The molecule has 1 aromatic heterocycles. The molecule has 0 radical (unpaired) electrons. The van der Waals surface area contributed by atoms with Gasteiger partial charge in [0.25, 0.3) is 15.6 Å². The Morgan fingerprint density at radius 2 is 1.58 bits per heavy atom. The highest BCUT2D eigenvalue weighted by Crippen LogP contribution is 2.26. The average Bonchev–Trinajstić information content (AvgIpc) is 3.11. The van der Waals surface area contributed by atoms with E-state index in [-0.39, 0.29) is 16.3 Å². The second kappa shape index (κ2) is 11.0. The summed E-state index contributed by atoms with van der Waals surface area (Å²) in [7, 11) is -2.39. The van der Waals surface area contributed by atoms with Crippen molar-refractivity contribution in [3.63, 3.8) is 0 Å². The van der Waals surface area contributed by atoms with Gasteiger partial charge in [0.1, 0.15) is 18.0 Å². The summed E-state index contributed by atoms with van der Waals surface area (Å²) in [4.78, 5) is 26.5. The molecule has 10 heteroatoms. The van der Waals surface area contributed by atoms with Crippen molar-refractivity contribution in [2.45, 2.75) is 25.7 Å². The third kappa shape index (κ3) is 5.35. The monoisotopic (exact) mass is 534 g/mol. The van der Waals surface area contributed by atoms with Gasteiger partial charge < -0.3 is 10.1 Å². The summed E-state index contributed by atoms with van der Waals surface area (Å²) < 4.78 is 36.9. The smallest absolute Gasteiger partial charge is 0.295 e. The number of nitrogens with one attached hydrogen (secondary N) is 1. The number of aromatic nitrogens is 2. The minimum Gasteiger partial charge on any atom is -0.494 e. The number of ether oxygens (including phenoxy) is 1. The van der Waals surface area contributed by atoms with Crippen LogP contribution in [0.2, 0.25) is 0 Å². The molecule has 0 aliphatic carbocycles. The number of anilines is 2. The third-order valence-electron chi connectivity index (χ3n) is 6.15. The summed E-state index contributed by atoms with van der Waals surface area (Å²) in [5.41, 5.74) is 2.03. The summed E-state index contributed by atoms with van der Waals surface area (Å²) in [6.45, 7) is 5.35. The zero-order valence-corrected chi connectivity index (χ0v) is 22.5. The van der Waals surface area contributed by atoms with Crippen molar-refractivity contribution in [3.8, 4) is 11.4 Å². The molecule has 38 heavy (non-hydrogen) atoms. The normalized spacial score (nSPS) is 11.3. The Morgan fingerprint density at radius 1 is 0.947 bits per heavy atom. The number of carbonyl (C=O) groups excluding carboxylic acids is 1. The summed E-state index contributed by atoms with van der Waals surface area (Å²) in [6.07, 6.45) is 0. The Kier molecular flexibility index (Phi) is 7.72. The van der Waals surface area contributed by atoms with E-state index in [1.54, 1.807) is 67.2 Å². The van der Waals surface area contributed by atoms with Gasteiger partial charge in [0.15, 0.2) is 0 Å². The van der Waals surface area contributed by atoms with Gasteiger partial charge in [-0.05, 0) is 69.3 Å². The molecule has 0 spiro atoms. The van der Waals surface area contributed by atoms with Crippen molar-refractivity contribution in [2.24, 2.45) is 7.05 Å². The molecule has 9 nitrogen and oxygen atoms in total. The Balaban J connectivity index is 1.68. The first-order valence-corrected chi connectivity index (χ1v) is 13.5. The number of hydrogen-bond acceptors (Lipinski definition) is 5. The van der Waals surface area contributed by atoms with Crippen LogP contribution in [0.3, 0.4) is 0 Å². The zero-order valence-electron chi connectivity index (χ0n) is 21.7. The van der Waals surface area contributed by atoms with Crippen LogP contribution in [0.1, 0.15) is 18.2 Å². The molecule has 0 bridgehead atoms. The molecule has 4 rings (SSSR count). The van der Waals surface area contributed by atoms with E-state index in [0.717, 1.165) is 9.87 Å². The van der Waals surface area contributed by atoms with E-state index in [1.807, 2.05) is 32.0 Å². The predicted molar refractivity (Wildman–Crippen MR) is 148 cm³/mol. The number of benzene rings is 3. The third-order valence-corrected chi connectivity index (χ3v) is 7.94. The van der Waals surface area contributed by atoms with Gasteiger partial charge in [-0.15, -0.1) is 0 Å². The molecule has 1 heterocycles. The van der Waals surface area contributed by atoms with E-state index in [9.17, 15) is 18.0 Å². The molecule has 0 aliphatic heterocycles. The molecule has 0 aliphatic rings. The second-order valence-electron chi connectivity index (χ2n) is 8.74. The fourth-order valence-corrected chi connectivity index (χ4v) is 5.47. The highest BCUT2D eigenvalue weighted by Gasteiger charge is 2.28. The minimum absolute atomic E-state index is 0.0482. The Labute approximate surface area is 221 Å². The van der Waals surface area contributed by atoms with Gasteiger partial charge in [0.2, 0.25) is 5.91 Å². The SMILES string of the molecule is CCOc1ccc(N(CC(=O)Nc2c(C)n(C)n(-c3ccccc3)c2=O)S(=O)(=O)c2ccc(C)cc2)cc1. The van der Waals surface area contributed by atoms with Crippen LogP contribution >= 0.6 is 0 Å². The Morgan fingerprint density at radius 3 is 2.18 bits per heavy atom. The van der Waals surface area contributed by atoms with Crippen molar-refractivity contribution in [3.05, 3.63) is 100 Å². The van der Waals surface area contributed by atoms with E-state index in [2.05, 4.69) is 5.32 Å². The first-order valence-electron chi connectivity index (χ1n) is 12.1. The van der Waals surface area contributed by atoms with Gasteiger partial charge in [-0.2, -0.15) is 0 Å². The lowest BCUT2D eigenvalue weighted by molar-refractivity contribution is -0.114. The maximum absolute atomic E-state index is 13.7. The highest BCUT2D eigenvalue weighted by atomic mass is 32.2. The van der Waals surface area contributed by atoms with Crippen molar-refractivity contribution >= 4 is 27.3 Å². The fraction of sp³-hybridized carbons (Fsp3) is 0.214. The Bertz CT molecular complexity index is 1590. The van der Waals surface area contributed by atoms with Crippen molar-refractivity contribution < 1.29 is 17.9 Å². The topological polar surface area (TPSA) is 103 Å². The number of para-hydroxylation sites is 1. The highest BCUT2D eigenvalue weighted by molar-refractivity contribution is 7.92. The molecule has 1 N–H and O–H groups in total. The van der Waals surface area contributed by atoms with Crippen molar-refractivity contribution in [1.82, 2.24) is 9.36 Å². The number of sulfonamides is 1. The Hall–Kier alpha value is -4.31. The van der Waals surface area contributed by atoms with Gasteiger partial charge in [0.05, 0.1) is 28.6 Å². The number of aryl methyl sites for hydroxylation is 1. The summed E-state index contributed by atoms with van der Waals surface area (Å²) in [6, 6.07) is 21.9. The van der Waals surface area contributed by atoms with Crippen molar-refractivity contribution in [1.29, 1.82) is 0 Å². The van der Waals surface area contributed by atoms with Gasteiger partial charge in [-0.3, -0.25) is 18.6 Å². The summed E-state index contributed by atoms with van der Waals surface area (Å²) in [5.74, 6) is -0.0738. The molecular weight excluding hydrogens is 504 g/mol. The van der Waals surface area contributed by atoms with Gasteiger partial charge in [-0.1, -0.05) is 35.9 Å². The van der Waals surface area contributed by atoms with Crippen LogP contribution in [0, 0.1) is 13.8 Å². The molecule has 3 aromatic carbocycles. The molecule has 4 aromatic rings. The molecule has 0 unspecified atom stereocenters. The summed E-state index contributed by atoms with van der Waals surface area (Å²) >= 11 is 0. The van der Waals surface area contributed by atoms with E-state index in [4.69, 9.17) is 4.74 Å². The number of hydrogen-bond donors (Lipinski definition) is 1. The fourth-order valence-electron chi connectivity index (χ4n) is 4.05.